The molecular formula is C17H17FN4O. The highest BCUT2D eigenvalue weighted by atomic mass is 19.1. The fourth-order valence-electron chi connectivity index (χ4n) is 3.15. The summed E-state index contributed by atoms with van der Waals surface area (Å²) in [4.78, 5) is 14.6. The molecule has 1 aliphatic carbocycles. The number of hydrogen-bond donors (Lipinski definition) is 1. The Morgan fingerprint density at radius 1 is 1.22 bits per heavy atom. The van der Waals surface area contributed by atoms with E-state index in [4.69, 9.17) is 0 Å². The van der Waals surface area contributed by atoms with Crippen molar-refractivity contribution < 1.29 is 9.18 Å². The summed E-state index contributed by atoms with van der Waals surface area (Å²) in [7, 11) is 0. The van der Waals surface area contributed by atoms with Gasteiger partial charge in [-0.15, -0.1) is 5.10 Å². The van der Waals surface area contributed by atoms with E-state index < -0.39 is 5.41 Å². The van der Waals surface area contributed by atoms with Crippen LogP contribution in [-0.2, 0) is 10.2 Å². The van der Waals surface area contributed by atoms with Crippen molar-refractivity contribution in [2.45, 2.75) is 24.3 Å². The van der Waals surface area contributed by atoms with E-state index in [-0.39, 0.29) is 17.8 Å². The smallest absolute Gasteiger partial charge is 0.233 e. The van der Waals surface area contributed by atoms with Crippen LogP contribution in [0.3, 0.4) is 0 Å². The van der Waals surface area contributed by atoms with Crippen LogP contribution in [-0.4, -0.2) is 40.1 Å². The average Bonchev–Trinajstić information content (AvgIpc) is 3.33. The maximum absolute atomic E-state index is 13.1. The molecule has 5 nitrogen and oxygen atoms in total. The second kappa shape index (κ2) is 5.30. The van der Waals surface area contributed by atoms with Crippen LogP contribution >= 0.6 is 0 Å². The lowest BCUT2D eigenvalue weighted by atomic mass is 9.92. The first-order valence-corrected chi connectivity index (χ1v) is 7.77. The third-order valence-corrected chi connectivity index (χ3v) is 4.65. The van der Waals surface area contributed by atoms with E-state index in [1.165, 1.54) is 12.1 Å². The number of rotatable bonds is 4. The molecule has 23 heavy (non-hydrogen) atoms. The number of nitrogens with zero attached hydrogens (tertiary/aromatic N) is 3. The molecule has 0 radical (unpaired) electrons. The molecule has 0 unspecified atom stereocenters. The Kier molecular flexibility index (Phi) is 3.25. The summed E-state index contributed by atoms with van der Waals surface area (Å²) in [6, 6.07) is 10.2. The van der Waals surface area contributed by atoms with Crippen LogP contribution in [0.4, 0.5) is 10.2 Å². The average molecular weight is 312 g/mol. The number of carbonyl (C=O) groups excluding carboxylic acids is 1. The van der Waals surface area contributed by atoms with E-state index >= 15 is 0 Å². The number of aromatic nitrogens is 2. The number of hydrogen-bond acceptors (Lipinski definition) is 4. The van der Waals surface area contributed by atoms with Crippen LogP contribution < -0.4 is 5.32 Å². The van der Waals surface area contributed by atoms with E-state index in [1.54, 1.807) is 18.3 Å². The van der Waals surface area contributed by atoms with Gasteiger partial charge >= 0.3 is 0 Å². The molecule has 0 atom stereocenters. The largest absolute Gasteiger partial charge is 0.362 e. The molecule has 1 aromatic carbocycles. The zero-order valence-corrected chi connectivity index (χ0v) is 12.6. The molecule has 0 spiro atoms. The van der Waals surface area contributed by atoms with Gasteiger partial charge in [-0.1, -0.05) is 12.1 Å². The van der Waals surface area contributed by atoms with Crippen LogP contribution in [0.15, 0.2) is 42.6 Å². The van der Waals surface area contributed by atoms with Crippen LogP contribution in [0.1, 0.15) is 18.4 Å². The van der Waals surface area contributed by atoms with Crippen molar-refractivity contribution >= 4 is 11.7 Å². The van der Waals surface area contributed by atoms with Crippen LogP contribution in [0.2, 0.25) is 0 Å². The summed E-state index contributed by atoms with van der Waals surface area (Å²) in [5.74, 6) is 0.611. The molecule has 1 saturated heterocycles. The summed E-state index contributed by atoms with van der Waals surface area (Å²) in [5, 5.41) is 11.1. The number of halogens is 1. The zero-order chi connectivity index (χ0) is 15.9. The molecule has 1 saturated carbocycles. The van der Waals surface area contributed by atoms with Gasteiger partial charge in [0.15, 0.2) is 0 Å². The molecule has 2 aliphatic rings. The number of likely N-dealkylation sites (tertiary alicyclic amines) is 1. The van der Waals surface area contributed by atoms with Crippen molar-refractivity contribution in [3.8, 4) is 0 Å². The van der Waals surface area contributed by atoms with Crippen molar-refractivity contribution in [3.05, 3.63) is 54.0 Å². The number of benzene rings is 1. The Balaban J connectivity index is 1.39. The van der Waals surface area contributed by atoms with Crippen molar-refractivity contribution in [1.82, 2.24) is 15.1 Å². The highest BCUT2D eigenvalue weighted by Crippen LogP contribution is 2.50. The lowest BCUT2D eigenvalue weighted by molar-refractivity contribution is -0.138. The monoisotopic (exact) mass is 312 g/mol. The highest BCUT2D eigenvalue weighted by molar-refractivity contribution is 5.92. The number of amides is 1. The molecule has 1 amide bonds. The molecule has 1 N–H and O–H groups in total. The minimum Gasteiger partial charge on any atom is -0.362 e. The van der Waals surface area contributed by atoms with E-state index in [9.17, 15) is 9.18 Å². The van der Waals surface area contributed by atoms with Gasteiger partial charge in [0, 0.05) is 19.3 Å². The van der Waals surface area contributed by atoms with E-state index in [1.807, 2.05) is 17.0 Å². The van der Waals surface area contributed by atoms with Gasteiger partial charge in [0.2, 0.25) is 5.91 Å². The number of nitrogens with one attached hydrogen (secondary N) is 1. The third kappa shape index (κ3) is 2.54. The van der Waals surface area contributed by atoms with Crippen LogP contribution in [0.25, 0.3) is 0 Å². The molecule has 2 heterocycles. The second-order valence-electron chi connectivity index (χ2n) is 6.25. The van der Waals surface area contributed by atoms with Gasteiger partial charge in [-0.3, -0.25) is 4.79 Å². The molecule has 1 aromatic heterocycles. The molecule has 0 bridgehead atoms. The molecular weight excluding hydrogens is 295 g/mol. The minimum absolute atomic E-state index is 0.154. The van der Waals surface area contributed by atoms with Crippen molar-refractivity contribution in [1.29, 1.82) is 0 Å². The molecule has 4 rings (SSSR count). The standard InChI is InChI=1S/C17H17FN4O/c18-13-5-3-12(4-6-13)17(7-8-17)16(23)22-10-14(11-22)20-15-2-1-9-19-21-15/h1-6,9,14H,7-8,10-11H2,(H,20,21). The predicted octanol–water partition coefficient (Wildman–Crippen LogP) is 1.97. The Hall–Kier alpha value is -2.50. The van der Waals surface area contributed by atoms with Gasteiger partial charge in [0.05, 0.1) is 11.5 Å². The van der Waals surface area contributed by atoms with Crippen molar-refractivity contribution in [3.63, 3.8) is 0 Å². The first kappa shape index (κ1) is 14.1. The van der Waals surface area contributed by atoms with E-state index in [0.29, 0.717) is 13.1 Å². The molecule has 2 aromatic rings. The lowest BCUT2D eigenvalue weighted by Gasteiger charge is -2.41. The Bertz CT molecular complexity index is 709. The summed E-state index contributed by atoms with van der Waals surface area (Å²) < 4.78 is 13.1. The molecule has 6 heteroatoms. The van der Waals surface area contributed by atoms with Gasteiger partial charge < -0.3 is 10.2 Å². The maximum atomic E-state index is 13.1. The van der Waals surface area contributed by atoms with Gasteiger partial charge in [-0.2, -0.15) is 5.10 Å². The predicted molar refractivity (Wildman–Crippen MR) is 83.3 cm³/mol. The highest BCUT2D eigenvalue weighted by Gasteiger charge is 2.54. The minimum atomic E-state index is -0.425. The van der Waals surface area contributed by atoms with Gasteiger partial charge in [-0.25, -0.2) is 4.39 Å². The molecule has 2 fully saturated rings. The third-order valence-electron chi connectivity index (χ3n) is 4.65. The molecule has 118 valence electrons. The number of anilines is 1. The fourth-order valence-corrected chi connectivity index (χ4v) is 3.15. The Morgan fingerprint density at radius 3 is 2.57 bits per heavy atom. The quantitative estimate of drug-likeness (QED) is 0.938. The topological polar surface area (TPSA) is 58.1 Å². The summed E-state index contributed by atoms with van der Waals surface area (Å²) in [5.41, 5.74) is 0.500. The first-order valence-electron chi connectivity index (χ1n) is 7.77. The maximum Gasteiger partial charge on any atom is 0.233 e. The second-order valence-corrected chi connectivity index (χ2v) is 6.25. The number of carbonyl (C=O) groups is 1. The Morgan fingerprint density at radius 2 is 1.96 bits per heavy atom. The van der Waals surface area contributed by atoms with E-state index in [2.05, 4.69) is 15.5 Å². The van der Waals surface area contributed by atoms with Gasteiger partial charge in [-0.05, 0) is 42.7 Å². The summed E-state index contributed by atoms with van der Waals surface area (Å²) in [6.07, 6.45) is 3.31. The van der Waals surface area contributed by atoms with Crippen LogP contribution in [0, 0.1) is 5.82 Å². The first-order chi connectivity index (χ1) is 11.2. The zero-order valence-electron chi connectivity index (χ0n) is 12.6. The van der Waals surface area contributed by atoms with Crippen LogP contribution in [0.5, 0.6) is 0 Å². The Labute approximate surface area is 133 Å². The van der Waals surface area contributed by atoms with Gasteiger partial charge in [0.1, 0.15) is 11.6 Å². The summed E-state index contributed by atoms with van der Waals surface area (Å²) in [6.45, 7) is 1.33. The lowest BCUT2D eigenvalue weighted by Crippen LogP contribution is -2.59. The molecule has 1 aliphatic heterocycles. The van der Waals surface area contributed by atoms with Gasteiger partial charge in [0.25, 0.3) is 0 Å². The normalized spacial score (nSPS) is 19.1. The SMILES string of the molecule is O=C(N1CC(Nc2cccnn2)C1)C1(c2ccc(F)cc2)CC1. The van der Waals surface area contributed by atoms with Crippen molar-refractivity contribution in [2.24, 2.45) is 0 Å². The fraction of sp³-hybridized carbons (Fsp3) is 0.353. The van der Waals surface area contributed by atoms with Crippen molar-refractivity contribution in [2.75, 3.05) is 18.4 Å². The van der Waals surface area contributed by atoms with E-state index in [0.717, 1.165) is 24.2 Å². The summed E-state index contributed by atoms with van der Waals surface area (Å²) >= 11 is 0.